The summed E-state index contributed by atoms with van der Waals surface area (Å²) < 4.78 is 12.0. The van der Waals surface area contributed by atoms with E-state index in [9.17, 15) is 0 Å². The van der Waals surface area contributed by atoms with E-state index in [0.29, 0.717) is 5.92 Å². The van der Waals surface area contributed by atoms with E-state index in [1.165, 1.54) is 68.9 Å². The SMILES string of the molecule is CCCCC1COC(c2ccc(C3CCC(CCC)CC3)cc2)OC1. The van der Waals surface area contributed by atoms with Gasteiger partial charge in [0.05, 0.1) is 13.2 Å². The monoisotopic (exact) mass is 344 g/mol. The predicted molar refractivity (Wildman–Crippen MR) is 104 cm³/mol. The lowest BCUT2D eigenvalue weighted by Crippen LogP contribution is -2.27. The molecular formula is C23H36O2. The molecular weight excluding hydrogens is 308 g/mol. The second-order valence-electron chi connectivity index (χ2n) is 8.18. The van der Waals surface area contributed by atoms with E-state index in [1.807, 2.05) is 0 Å². The summed E-state index contributed by atoms with van der Waals surface area (Å²) in [7, 11) is 0. The van der Waals surface area contributed by atoms with Crippen LogP contribution in [0.1, 0.15) is 95.0 Å². The highest BCUT2D eigenvalue weighted by Gasteiger charge is 2.25. The summed E-state index contributed by atoms with van der Waals surface area (Å²) in [6, 6.07) is 9.08. The first-order valence-electron chi connectivity index (χ1n) is 10.6. The average Bonchev–Trinajstić information content (AvgIpc) is 2.68. The molecule has 140 valence electrons. The number of ether oxygens (including phenoxy) is 2. The van der Waals surface area contributed by atoms with Gasteiger partial charge in [-0.2, -0.15) is 0 Å². The van der Waals surface area contributed by atoms with Crippen LogP contribution < -0.4 is 0 Å². The molecule has 2 heteroatoms. The molecule has 0 N–H and O–H groups in total. The van der Waals surface area contributed by atoms with Crippen LogP contribution in [-0.2, 0) is 9.47 Å². The van der Waals surface area contributed by atoms with Gasteiger partial charge in [-0.15, -0.1) is 0 Å². The second kappa shape index (κ2) is 9.73. The maximum Gasteiger partial charge on any atom is 0.183 e. The summed E-state index contributed by atoms with van der Waals surface area (Å²) >= 11 is 0. The lowest BCUT2D eigenvalue weighted by Gasteiger charge is -2.30. The zero-order chi connectivity index (χ0) is 17.5. The first-order valence-corrected chi connectivity index (χ1v) is 10.6. The molecule has 25 heavy (non-hydrogen) atoms. The van der Waals surface area contributed by atoms with Crippen molar-refractivity contribution >= 4 is 0 Å². The van der Waals surface area contributed by atoms with Crippen molar-refractivity contribution in [1.82, 2.24) is 0 Å². The maximum absolute atomic E-state index is 5.98. The fourth-order valence-electron chi connectivity index (χ4n) is 4.51. The maximum atomic E-state index is 5.98. The van der Waals surface area contributed by atoms with Gasteiger partial charge in [-0.3, -0.25) is 0 Å². The molecule has 1 heterocycles. The number of unbranched alkanes of at least 4 members (excludes halogenated alkanes) is 1. The highest BCUT2D eigenvalue weighted by molar-refractivity contribution is 5.26. The van der Waals surface area contributed by atoms with Crippen molar-refractivity contribution in [1.29, 1.82) is 0 Å². The third-order valence-corrected chi connectivity index (χ3v) is 6.16. The van der Waals surface area contributed by atoms with E-state index in [2.05, 4.69) is 38.1 Å². The van der Waals surface area contributed by atoms with Crippen LogP contribution in [0, 0.1) is 11.8 Å². The Kier molecular flexibility index (Phi) is 7.36. The van der Waals surface area contributed by atoms with Crippen molar-refractivity contribution in [2.75, 3.05) is 13.2 Å². The van der Waals surface area contributed by atoms with E-state index in [-0.39, 0.29) is 6.29 Å². The highest BCUT2D eigenvalue weighted by Crippen LogP contribution is 2.38. The Morgan fingerprint density at radius 1 is 0.760 bits per heavy atom. The standard InChI is InChI=1S/C23H36O2/c1-3-5-7-19-16-24-23(25-17-19)22-14-12-21(13-15-22)20-10-8-18(6-4-2)9-11-20/h12-15,18-20,23H,3-11,16-17H2,1-2H3. The minimum absolute atomic E-state index is 0.160. The van der Waals surface area contributed by atoms with Crippen molar-refractivity contribution in [3.05, 3.63) is 35.4 Å². The van der Waals surface area contributed by atoms with Crippen LogP contribution in [0.25, 0.3) is 0 Å². The van der Waals surface area contributed by atoms with Crippen molar-refractivity contribution in [2.45, 2.75) is 83.8 Å². The van der Waals surface area contributed by atoms with Gasteiger partial charge in [-0.05, 0) is 49.5 Å². The van der Waals surface area contributed by atoms with Crippen LogP contribution in [-0.4, -0.2) is 13.2 Å². The van der Waals surface area contributed by atoms with Gasteiger partial charge < -0.3 is 9.47 Å². The van der Waals surface area contributed by atoms with Crippen LogP contribution >= 0.6 is 0 Å². The first-order chi connectivity index (χ1) is 12.3. The molecule has 0 unspecified atom stereocenters. The molecule has 1 aromatic rings. The fourth-order valence-corrected chi connectivity index (χ4v) is 4.51. The van der Waals surface area contributed by atoms with E-state index in [0.717, 1.165) is 25.0 Å². The van der Waals surface area contributed by atoms with Gasteiger partial charge in [-0.25, -0.2) is 0 Å². The predicted octanol–water partition coefficient (Wildman–Crippen LogP) is 6.61. The van der Waals surface area contributed by atoms with Crippen LogP contribution in [0.3, 0.4) is 0 Å². The number of benzene rings is 1. The summed E-state index contributed by atoms with van der Waals surface area (Å²) in [6.45, 7) is 6.24. The molecule has 0 bridgehead atoms. The lowest BCUT2D eigenvalue weighted by atomic mass is 9.77. The van der Waals surface area contributed by atoms with Crippen molar-refractivity contribution in [3.8, 4) is 0 Å². The van der Waals surface area contributed by atoms with Gasteiger partial charge >= 0.3 is 0 Å². The third-order valence-electron chi connectivity index (χ3n) is 6.16. The molecule has 3 rings (SSSR count). The Hall–Kier alpha value is -0.860. The molecule has 1 aromatic carbocycles. The van der Waals surface area contributed by atoms with Crippen LogP contribution in [0.4, 0.5) is 0 Å². The molecule has 0 radical (unpaired) electrons. The number of hydrogen-bond acceptors (Lipinski definition) is 2. The van der Waals surface area contributed by atoms with Gasteiger partial charge in [0.25, 0.3) is 0 Å². The summed E-state index contributed by atoms with van der Waals surface area (Å²) in [5.41, 5.74) is 2.69. The van der Waals surface area contributed by atoms with Crippen molar-refractivity contribution < 1.29 is 9.47 Å². The Morgan fingerprint density at radius 3 is 2.00 bits per heavy atom. The molecule has 0 spiro atoms. The minimum Gasteiger partial charge on any atom is -0.348 e. The zero-order valence-electron chi connectivity index (χ0n) is 16.2. The summed E-state index contributed by atoms with van der Waals surface area (Å²) in [5.74, 6) is 2.31. The summed E-state index contributed by atoms with van der Waals surface area (Å²) in [6.07, 6.45) is 11.9. The highest BCUT2D eigenvalue weighted by atomic mass is 16.7. The normalized spacial score (nSPS) is 30.3. The molecule has 1 aliphatic carbocycles. The molecule has 1 saturated heterocycles. The quantitative estimate of drug-likeness (QED) is 0.554. The summed E-state index contributed by atoms with van der Waals surface area (Å²) in [4.78, 5) is 0. The zero-order valence-corrected chi connectivity index (χ0v) is 16.2. The Morgan fingerprint density at radius 2 is 1.40 bits per heavy atom. The van der Waals surface area contributed by atoms with Crippen molar-refractivity contribution in [2.24, 2.45) is 11.8 Å². The first kappa shape index (κ1) is 18.9. The van der Waals surface area contributed by atoms with Gasteiger partial charge in [-0.1, -0.05) is 63.8 Å². The molecule has 0 amide bonds. The van der Waals surface area contributed by atoms with Crippen molar-refractivity contribution in [3.63, 3.8) is 0 Å². The molecule has 2 fully saturated rings. The Balaban J connectivity index is 1.48. The smallest absolute Gasteiger partial charge is 0.183 e. The third kappa shape index (κ3) is 5.31. The average molecular weight is 345 g/mol. The van der Waals surface area contributed by atoms with Gasteiger partial charge in [0.2, 0.25) is 0 Å². The largest absolute Gasteiger partial charge is 0.348 e. The van der Waals surface area contributed by atoms with E-state index in [4.69, 9.17) is 9.47 Å². The van der Waals surface area contributed by atoms with Gasteiger partial charge in [0.15, 0.2) is 6.29 Å². The lowest BCUT2D eigenvalue weighted by molar-refractivity contribution is -0.206. The Bertz CT molecular complexity index is 479. The number of hydrogen-bond donors (Lipinski definition) is 0. The van der Waals surface area contributed by atoms with Crippen LogP contribution in [0.5, 0.6) is 0 Å². The van der Waals surface area contributed by atoms with Crippen LogP contribution in [0.15, 0.2) is 24.3 Å². The molecule has 0 atom stereocenters. The topological polar surface area (TPSA) is 18.5 Å². The molecule has 0 aromatic heterocycles. The molecule has 1 saturated carbocycles. The minimum atomic E-state index is -0.160. The van der Waals surface area contributed by atoms with Gasteiger partial charge in [0, 0.05) is 11.5 Å². The van der Waals surface area contributed by atoms with E-state index in [1.54, 1.807) is 0 Å². The second-order valence-corrected chi connectivity index (χ2v) is 8.18. The van der Waals surface area contributed by atoms with Crippen LogP contribution in [0.2, 0.25) is 0 Å². The Labute approximate surface area is 154 Å². The van der Waals surface area contributed by atoms with E-state index >= 15 is 0 Å². The molecule has 1 aliphatic heterocycles. The molecule has 2 nitrogen and oxygen atoms in total. The van der Waals surface area contributed by atoms with Gasteiger partial charge in [0.1, 0.15) is 0 Å². The summed E-state index contributed by atoms with van der Waals surface area (Å²) in [5, 5.41) is 0. The number of rotatable bonds is 7. The van der Waals surface area contributed by atoms with E-state index < -0.39 is 0 Å². The fraction of sp³-hybridized carbons (Fsp3) is 0.739. The molecule has 2 aliphatic rings.